The molecule has 2 saturated heterocycles. The zero-order chi connectivity index (χ0) is 48.4. The molecule has 0 unspecified atom stereocenters. The number of hydrogen-bond acceptors (Lipinski definition) is 14. The van der Waals surface area contributed by atoms with Crippen molar-refractivity contribution in [2.45, 2.75) is 51.4 Å². The molecule has 0 atom stereocenters. The first-order valence-electron chi connectivity index (χ1n) is 23.7. The second-order valence-electron chi connectivity index (χ2n) is 19.6. The van der Waals surface area contributed by atoms with Crippen LogP contribution in [0.4, 0.5) is 17.5 Å². The third kappa shape index (κ3) is 13.4. The van der Waals surface area contributed by atoms with E-state index in [0.29, 0.717) is 43.3 Å². The molecule has 19 heteroatoms. The summed E-state index contributed by atoms with van der Waals surface area (Å²) in [4.78, 5) is 22.9. The molecule has 2 aliphatic rings. The molecule has 16 nitrogen and oxygen atoms in total. The Labute approximate surface area is 411 Å². The Morgan fingerprint density at radius 2 is 1.19 bits per heavy atom. The van der Waals surface area contributed by atoms with Crippen LogP contribution in [-0.2, 0) is 18.9 Å². The zero-order valence-electron chi connectivity index (χ0n) is 40.7. The molecule has 0 aliphatic carbocycles. The molecular formula is C50H65ClN12O4Si2. The number of nitrogens with one attached hydrogen (secondary N) is 1. The monoisotopic (exact) mass is 988 g/mol. The summed E-state index contributed by atoms with van der Waals surface area (Å²) in [5.41, 5.74) is 13.3. The molecule has 6 aromatic heterocycles. The molecule has 8 aromatic rings. The minimum atomic E-state index is -1.19. The first kappa shape index (κ1) is 49.8. The summed E-state index contributed by atoms with van der Waals surface area (Å²) in [6.45, 7) is 23.2. The molecule has 2 aromatic carbocycles. The summed E-state index contributed by atoms with van der Waals surface area (Å²) in [7, 11) is -2.38. The van der Waals surface area contributed by atoms with Gasteiger partial charge in [0.05, 0.1) is 49.9 Å². The Morgan fingerprint density at radius 1 is 0.667 bits per heavy atom. The van der Waals surface area contributed by atoms with Crippen molar-refractivity contribution in [2.75, 3.05) is 94.8 Å². The van der Waals surface area contributed by atoms with Crippen molar-refractivity contribution in [3.05, 3.63) is 103 Å². The maximum atomic E-state index is 6.56. The number of nitrogen functional groups attached to an aromatic ring is 1. The number of rotatable bonds is 14. The Bertz CT molecular complexity index is 2920. The molecule has 69 heavy (non-hydrogen) atoms. The maximum Gasteiger partial charge on any atom is 0.167 e. The van der Waals surface area contributed by atoms with Crippen LogP contribution in [0.1, 0.15) is 0 Å². The number of hydrogen-bond donors (Lipinski definition) is 2. The van der Waals surface area contributed by atoms with Crippen molar-refractivity contribution in [1.29, 1.82) is 0 Å². The second kappa shape index (κ2) is 22.9. The highest BCUT2D eigenvalue weighted by atomic mass is 35.5. The fourth-order valence-electron chi connectivity index (χ4n) is 7.71. The van der Waals surface area contributed by atoms with Crippen molar-refractivity contribution < 1.29 is 18.9 Å². The largest absolute Gasteiger partial charge is 0.383 e. The summed E-state index contributed by atoms with van der Waals surface area (Å²) in [6, 6.07) is 26.2. The molecular weight excluding hydrogens is 924 g/mol. The number of pyridine rings is 2. The lowest BCUT2D eigenvalue weighted by molar-refractivity contribution is 0.0942. The van der Waals surface area contributed by atoms with Crippen molar-refractivity contribution >= 4 is 78.3 Å². The van der Waals surface area contributed by atoms with Crippen LogP contribution in [-0.4, -0.2) is 135 Å². The van der Waals surface area contributed by atoms with Crippen LogP contribution in [0, 0.1) is 0 Å². The quantitative estimate of drug-likeness (QED) is 0.0459. The van der Waals surface area contributed by atoms with Gasteiger partial charge in [-0.15, -0.1) is 0 Å². The van der Waals surface area contributed by atoms with Crippen molar-refractivity contribution in [2.24, 2.45) is 0 Å². The zero-order valence-corrected chi connectivity index (χ0v) is 43.5. The van der Waals surface area contributed by atoms with E-state index in [1.807, 2.05) is 76.5 Å². The van der Waals surface area contributed by atoms with E-state index in [1.54, 1.807) is 10.7 Å². The van der Waals surface area contributed by atoms with E-state index in [9.17, 15) is 0 Å². The van der Waals surface area contributed by atoms with Crippen LogP contribution in [0.15, 0.2) is 97.6 Å². The molecule has 0 amide bonds. The Hall–Kier alpha value is -5.58. The van der Waals surface area contributed by atoms with Crippen molar-refractivity contribution in [3.8, 4) is 22.3 Å². The smallest absolute Gasteiger partial charge is 0.167 e. The number of fused-ring (bicyclic) bond motifs is 4. The van der Waals surface area contributed by atoms with E-state index in [4.69, 9.17) is 46.4 Å². The maximum absolute atomic E-state index is 6.56. The van der Waals surface area contributed by atoms with Gasteiger partial charge < -0.3 is 39.8 Å². The van der Waals surface area contributed by atoms with Crippen LogP contribution < -0.4 is 20.9 Å². The van der Waals surface area contributed by atoms with Crippen molar-refractivity contribution in [1.82, 2.24) is 44.5 Å². The Morgan fingerprint density at radius 3 is 1.71 bits per heavy atom. The van der Waals surface area contributed by atoms with Gasteiger partial charge in [0, 0.05) is 113 Å². The lowest BCUT2D eigenvalue weighted by Crippen LogP contribution is -2.36. The van der Waals surface area contributed by atoms with Gasteiger partial charge in [-0.05, 0) is 36.4 Å². The Balaban J connectivity index is 0.000000173. The average Bonchev–Trinajstić information content (AvgIpc) is 3.99. The molecule has 8 heterocycles. The van der Waals surface area contributed by atoms with Gasteiger partial charge in [0.2, 0.25) is 0 Å². The van der Waals surface area contributed by atoms with Gasteiger partial charge in [-0.3, -0.25) is 9.97 Å². The van der Waals surface area contributed by atoms with Gasteiger partial charge in [0.1, 0.15) is 36.1 Å². The number of benzene rings is 2. The molecule has 3 N–H and O–H groups in total. The molecule has 0 bridgehead atoms. The minimum absolute atomic E-state index is 0.388. The number of morpholine rings is 2. The summed E-state index contributed by atoms with van der Waals surface area (Å²) in [5.74, 6) is 2.21. The van der Waals surface area contributed by atoms with E-state index < -0.39 is 16.1 Å². The van der Waals surface area contributed by atoms with Gasteiger partial charge in [-0.25, -0.2) is 9.97 Å². The predicted octanol–water partition coefficient (Wildman–Crippen LogP) is 9.00. The summed E-state index contributed by atoms with van der Waals surface area (Å²) >= 11 is 6.56. The topological polar surface area (TPSA) is 168 Å². The van der Waals surface area contributed by atoms with Crippen LogP contribution in [0.5, 0.6) is 0 Å². The lowest BCUT2D eigenvalue weighted by Gasteiger charge is -2.28. The summed E-state index contributed by atoms with van der Waals surface area (Å²) < 4.78 is 26.2. The van der Waals surface area contributed by atoms with Crippen LogP contribution >= 0.6 is 11.6 Å². The normalized spacial score (nSPS) is 14.4. The first-order chi connectivity index (χ1) is 33.3. The highest BCUT2D eigenvalue weighted by Gasteiger charge is 2.21. The second-order valence-corrected chi connectivity index (χ2v) is 31.2. The van der Waals surface area contributed by atoms with Crippen molar-refractivity contribution in [3.63, 3.8) is 0 Å². The van der Waals surface area contributed by atoms with Crippen LogP contribution in [0.2, 0.25) is 56.5 Å². The molecule has 364 valence electrons. The van der Waals surface area contributed by atoms with E-state index in [1.165, 1.54) is 0 Å². The van der Waals surface area contributed by atoms with E-state index >= 15 is 0 Å². The molecule has 0 saturated carbocycles. The van der Waals surface area contributed by atoms with Gasteiger partial charge in [0.25, 0.3) is 0 Å². The van der Waals surface area contributed by atoms with E-state index in [2.05, 4.69) is 93.8 Å². The van der Waals surface area contributed by atoms with E-state index in [0.717, 1.165) is 126 Å². The fraction of sp³-hybridized carbons (Fsp3) is 0.400. The molecule has 10 rings (SSSR count). The lowest BCUT2D eigenvalue weighted by atomic mass is 10.1. The number of anilines is 3. The minimum Gasteiger partial charge on any atom is -0.383 e. The number of nitrogens with zero attached hydrogens (tertiary/aromatic N) is 10. The summed E-state index contributed by atoms with van der Waals surface area (Å²) in [6.07, 6.45) is 7.34. The van der Waals surface area contributed by atoms with Gasteiger partial charge >= 0.3 is 0 Å². The number of para-hydroxylation sites is 2. The third-order valence-corrected chi connectivity index (χ3v) is 15.3. The first-order valence-corrected chi connectivity index (χ1v) is 31.5. The predicted molar refractivity (Wildman–Crippen MR) is 284 cm³/mol. The molecule has 0 spiro atoms. The number of ether oxygens (including phenoxy) is 4. The van der Waals surface area contributed by atoms with Gasteiger partial charge in [0.15, 0.2) is 11.3 Å². The molecule has 2 aliphatic heterocycles. The van der Waals surface area contributed by atoms with Gasteiger partial charge in [-0.1, -0.05) is 87.3 Å². The number of aromatic nitrogens is 8. The SMILES string of the molecule is C1COCCN1.C[Si](C)(C)CCOCN(COCC[Si](C)(C)C)c1cc(Cl)nc2c(-c3cnc4ccccc4c3)cnn12.Nc1cc(N2CCOCC2)nc2c(-c3cnc4ccccc4c3)cnn12. The molecule has 2 fully saturated rings. The summed E-state index contributed by atoms with van der Waals surface area (Å²) in [5, 5.41) is 14.8. The molecule has 0 radical (unpaired) electrons. The fourth-order valence-corrected chi connectivity index (χ4v) is 9.40. The van der Waals surface area contributed by atoms with E-state index in [-0.39, 0.29) is 0 Å². The number of nitrogens with two attached hydrogens (primary N) is 1. The highest BCUT2D eigenvalue weighted by Crippen LogP contribution is 2.31. The number of halogens is 1. The van der Waals surface area contributed by atoms with Gasteiger partial charge in [-0.2, -0.15) is 19.2 Å². The third-order valence-electron chi connectivity index (χ3n) is 11.7. The Kier molecular flexibility index (Phi) is 16.5. The van der Waals surface area contributed by atoms with Crippen LogP contribution in [0.3, 0.4) is 0 Å². The standard InChI is InChI=1S/C27H38ClN5O2Si2.C19H18N6O.C4H9NO/c1-36(2,3)13-11-34-19-32(20-35-12-14-37(4,5)6)26-16-25(28)31-27-23(18-30-33(26)27)22-15-21-9-7-8-10-24(21)29-17-22;20-17-10-18(24-5-7-26-8-6-24)23-19-15(12-22-25(17)19)14-9-13-3-1-2-4-16(13)21-11-14;1-3-6-4-2-5-1/h7-10,15-18H,11-14,19-20H2,1-6H3;1-4,9-12H,5-8,20H2;5H,1-4H2. The average molecular weight is 990 g/mol. The van der Waals surface area contributed by atoms with Crippen LogP contribution in [0.25, 0.3) is 55.4 Å². The highest BCUT2D eigenvalue weighted by molar-refractivity contribution is 6.76.